The predicted octanol–water partition coefficient (Wildman–Crippen LogP) is 2.47. The first-order valence-corrected chi connectivity index (χ1v) is 7.39. The van der Waals surface area contributed by atoms with E-state index in [1.165, 1.54) is 24.4 Å². The highest BCUT2D eigenvalue weighted by Crippen LogP contribution is 2.22. The Morgan fingerprint density at radius 1 is 1.10 bits per heavy atom. The number of pyridine rings is 1. The third-order valence-corrected chi connectivity index (χ3v) is 2.89. The van der Waals surface area contributed by atoms with E-state index < -0.39 is 21.7 Å². The highest BCUT2D eigenvalue weighted by atomic mass is 32.2. The minimum Gasteiger partial charge on any atom is -0.335 e. The first-order chi connectivity index (χ1) is 9.35. The van der Waals surface area contributed by atoms with Gasteiger partial charge in [0.25, 0.3) is 0 Å². The molecule has 2 aromatic rings. The fourth-order valence-corrected chi connectivity index (χ4v) is 2.04. The van der Waals surface area contributed by atoms with Crippen molar-refractivity contribution in [3.63, 3.8) is 0 Å². The van der Waals surface area contributed by atoms with E-state index in [4.69, 9.17) is 0 Å². The van der Waals surface area contributed by atoms with E-state index >= 15 is 0 Å². The monoisotopic (exact) mass is 299 g/mol. The topological polar surface area (TPSA) is 71.1 Å². The van der Waals surface area contributed by atoms with Gasteiger partial charge in [0.2, 0.25) is 10.0 Å². The van der Waals surface area contributed by atoms with Gasteiger partial charge in [0, 0.05) is 0 Å². The van der Waals surface area contributed by atoms with Gasteiger partial charge in [-0.2, -0.15) is 0 Å². The van der Waals surface area contributed by atoms with Crippen LogP contribution in [0.2, 0.25) is 0 Å². The Morgan fingerprint density at radius 3 is 2.25 bits per heavy atom. The zero-order chi connectivity index (χ0) is 14.8. The number of hydrogen-bond acceptors (Lipinski definition) is 4. The Hall–Kier alpha value is -2.22. The summed E-state index contributed by atoms with van der Waals surface area (Å²) in [5, 5.41) is 2.49. The van der Waals surface area contributed by atoms with Gasteiger partial charge in [-0.25, -0.2) is 22.2 Å². The molecule has 2 N–H and O–H groups in total. The average Bonchev–Trinajstić information content (AvgIpc) is 2.34. The number of benzene rings is 1. The SMILES string of the molecule is CS(=O)(=O)Nc1ccc(Nc2c(F)cccc2F)nc1. The second-order valence-corrected chi connectivity index (χ2v) is 5.78. The zero-order valence-corrected chi connectivity index (χ0v) is 11.2. The summed E-state index contributed by atoms with van der Waals surface area (Å²) in [7, 11) is -3.39. The molecule has 0 spiro atoms. The maximum absolute atomic E-state index is 13.4. The Bertz CT molecular complexity index is 698. The third-order valence-electron chi connectivity index (χ3n) is 2.28. The summed E-state index contributed by atoms with van der Waals surface area (Å²) < 4.78 is 51.1. The van der Waals surface area contributed by atoms with E-state index in [9.17, 15) is 17.2 Å². The van der Waals surface area contributed by atoms with E-state index in [0.29, 0.717) is 0 Å². The van der Waals surface area contributed by atoms with Crippen molar-refractivity contribution >= 4 is 27.2 Å². The summed E-state index contributed by atoms with van der Waals surface area (Å²) in [5.41, 5.74) is -0.0594. The minimum absolute atomic E-state index is 0.188. The van der Waals surface area contributed by atoms with Gasteiger partial charge in [0.05, 0.1) is 18.1 Å². The Morgan fingerprint density at radius 2 is 1.75 bits per heavy atom. The number of nitrogens with one attached hydrogen (secondary N) is 2. The van der Waals surface area contributed by atoms with E-state index in [0.717, 1.165) is 18.4 Å². The molecule has 8 heteroatoms. The summed E-state index contributed by atoms with van der Waals surface area (Å²) in [6.45, 7) is 0. The van der Waals surface area contributed by atoms with Gasteiger partial charge in [0.15, 0.2) is 0 Å². The van der Waals surface area contributed by atoms with Crippen LogP contribution in [0.5, 0.6) is 0 Å². The quantitative estimate of drug-likeness (QED) is 0.910. The molecule has 1 aromatic heterocycles. The Kier molecular flexibility index (Phi) is 3.84. The highest BCUT2D eigenvalue weighted by molar-refractivity contribution is 7.92. The first-order valence-electron chi connectivity index (χ1n) is 5.50. The number of sulfonamides is 1. The number of nitrogens with zero attached hydrogens (tertiary/aromatic N) is 1. The van der Waals surface area contributed by atoms with Gasteiger partial charge in [-0.15, -0.1) is 0 Å². The van der Waals surface area contributed by atoms with Crippen LogP contribution in [0.1, 0.15) is 0 Å². The normalized spacial score (nSPS) is 11.2. The maximum Gasteiger partial charge on any atom is 0.229 e. The molecule has 0 aliphatic rings. The molecular weight excluding hydrogens is 288 g/mol. The first kappa shape index (κ1) is 14.2. The molecule has 1 aromatic carbocycles. The molecule has 5 nitrogen and oxygen atoms in total. The second kappa shape index (κ2) is 5.41. The van der Waals surface area contributed by atoms with Crippen molar-refractivity contribution in [3.8, 4) is 0 Å². The van der Waals surface area contributed by atoms with Crippen LogP contribution >= 0.6 is 0 Å². The van der Waals surface area contributed by atoms with Gasteiger partial charge in [-0.3, -0.25) is 4.72 Å². The molecule has 0 unspecified atom stereocenters. The lowest BCUT2D eigenvalue weighted by Crippen LogP contribution is -2.09. The molecule has 1 heterocycles. The molecule has 106 valence electrons. The van der Waals surface area contributed by atoms with Crippen LogP contribution in [0.25, 0.3) is 0 Å². The standard InChI is InChI=1S/C12H11F2N3O2S/c1-20(18,19)17-8-5-6-11(15-7-8)16-12-9(13)3-2-4-10(12)14/h2-7,17H,1H3,(H,15,16). The number of anilines is 3. The smallest absolute Gasteiger partial charge is 0.229 e. The van der Waals surface area contributed by atoms with Crippen LogP contribution in [0, 0.1) is 11.6 Å². The van der Waals surface area contributed by atoms with Crippen LogP contribution in [0.3, 0.4) is 0 Å². The molecule has 2 rings (SSSR count). The molecule has 0 bridgehead atoms. The van der Waals surface area contributed by atoms with Crippen molar-refractivity contribution in [2.45, 2.75) is 0 Å². The van der Waals surface area contributed by atoms with E-state index in [-0.39, 0.29) is 17.2 Å². The van der Waals surface area contributed by atoms with E-state index in [2.05, 4.69) is 15.0 Å². The Balaban J connectivity index is 2.19. The van der Waals surface area contributed by atoms with Crippen molar-refractivity contribution < 1.29 is 17.2 Å². The fraction of sp³-hybridized carbons (Fsp3) is 0.0833. The van der Waals surface area contributed by atoms with Crippen LogP contribution in [0.4, 0.5) is 26.0 Å². The molecule has 0 atom stereocenters. The van der Waals surface area contributed by atoms with Crippen LogP contribution in [-0.2, 0) is 10.0 Å². The molecule has 0 amide bonds. The van der Waals surface area contributed by atoms with Crippen molar-refractivity contribution in [2.75, 3.05) is 16.3 Å². The van der Waals surface area contributed by atoms with Gasteiger partial charge in [0.1, 0.15) is 23.1 Å². The van der Waals surface area contributed by atoms with E-state index in [1.807, 2.05) is 0 Å². The molecule has 0 fully saturated rings. The van der Waals surface area contributed by atoms with Gasteiger partial charge >= 0.3 is 0 Å². The number of hydrogen-bond donors (Lipinski definition) is 2. The van der Waals surface area contributed by atoms with Gasteiger partial charge in [-0.05, 0) is 24.3 Å². The zero-order valence-electron chi connectivity index (χ0n) is 10.4. The van der Waals surface area contributed by atoms with Crippen molar-refractivity contribution in [1.29, 1.82) is 0 Å². The minimum atomic E-state index is -3.39. The lowest BCUT2D eigenvalue weighted by molar-refractivity contribution is 0.590. The summed E-state index contributed by atoms with van der Waals surface area (Å²) in [6, 6.07) is 6.31. The molecule has 0 aliphatic heterocycles. The molecule has 0 saturated carbocycles. The highest BCUT2D eigenvalue weighted by Gasteiger charge is 2.09. The summed E-state index contributed by atoms with van der Waals surface area (Å²) in [6.07, 6.45) is 2.25. The lowest BCUT2D eigenvalue weighted by atomic mass is 10.3. The van der Waals surface area contributed by atoms with Crippen molar-refractivity contribution in [3.05, 3.63) is 48.2 Å². The molecular formula is C12H11F2N3O2S. The van der Waals surface area contributed by atoms with Crippen LogP contribution < -0.4 is 10.0 Å². The van der Waals surface area contributed by atoms with Gasteiger partial charge in [-0.1, -0.05) is 6.07 Å². The fourth-order valence-electron chi connectivity index (χ4n) is 1.49. The summed E-state index contributed by atoms with van der Waals surface area (Å²) >= 11 is 0. The number of rotatable bonds is 4. The predicted molar refractivity (Wildman–Crippen MR) is 72.3 cm³/mol. The third kappa shape index (κ3) is 3.64. The molecule has 0 aliphatic carbocycles. The van der Waals surface area contributed by atoms with Crippen molar-refractivity contribution in [2.24, 2.45) is 0 Å². The van der Waals surface area contributed by atoms with E-state index in [1.54, 1.807) is 0 Å². The Labute approximate surface area is 114 Å². The summed E-state index contributed by atoms with van der Waals surface area (Å²) in [4.78, 5) is 3.87. The van der Waals surface area contributed by atoms with Crippen LogP contribution in [-0.4, -0.2) is 19.7 Å². The molecule has 0 radical (unpaired) electrons. The summed E-state index contributed by atoms with van der Waals surface area (Å²) in [5.74, 6) is -1.30. The lowest BCUT2D eigenvalue weighted by Gasteiger charge is -2.09. The molecule has 20 heavy (non-hydrogen) atoms. The maximum atomic E-state index is 13.4. The van der Waals surface area contributed by atoms with Crippen molar-refractivity contribution in [1.82, 2.24) is 4.98 Å². The number of para-hydroxylation sites is 1. The number of aromatic nitrogens is 1. The largest absolute Gasteiger partial charge is 0.335 e. The average molecular weight is 299 g/mol. The molecule has 0 saturated heterocycles. The van der Waals surface area contributed by atoms with Crippen LogP contribution in [0.15, 0.2) is 36.5 Å². The number of halogens is 2. The second-order valence-electron chi connectivity index (χ2n) is 4.03. The van der Waals surface area contributed by atoms with Gasteiger partial charge < -0.3 is 5.32 Å².